The number of hydrogen-bond donors (Lipinski definition) is 3. The first-order valence-corrected chi connectivity index (χ1v) is 6.82. The highest BCUT2D eigenvalue weighted by Gasteiger charge is 2.27. The van der Waals surface area contributed by atoms with Gasteiger partial charge in [-0.15, -0.1) is 0 Å². The number of carboxylic acids is 1. The second-order valence-electron chi connectivity index (χ2n) is 5.42. The van der Waals surface area contributed by atoms with Gasteiger partial charge >= 0.3 is 12.1 Å². The number of nitrogens with one attached hydrogen (secondary N) is 2. The Morgan fingerprint density at radius 1 is 1.37 bits per heavy atom. The number of aliphatic carboxylic acids is 1. The van der Waals surface area contributed by atoms with E-state index in [0.717, 1.165) is 25.9 Å². The largest absolute Gasteiger partial charge is 0.480 e. The molecule has 110 valence electrons. The number of carbonyl (C=O) groups excluding carboxylic acids is 1. The van der Waals surface area contributed by atoms with Gasteiger partial charge in [-0.1, -0.05) is 13.8 Å². The summed E-state index contributed by atoms with van der Waals surface area (Å²) in [7, 11) is 0. The Kier molecular flexibility index (Phi) is 6.08. The van der Waals surface area contributed by atoms with Crippen molar-refractivity contribution in [3.05, 3.63) is 0 Å². The molecule has 3 N–H and O–H groups in total. The van der Waals surface area contributed by atoms with Crippen molar-refractivity contribution >= 4 is 12.1 Å². The van der Waals surface area contributed by atoms with Crippen LogP contribution in [-0.2, 0) is 9.53 Å². The molecule has 0 saturated carbocycles. The lowest BCUT2D eigenvalue weighted by Gasteiger charge is -2.28. The lowest BCUT2D eigenvalue weighted by molar-refractivity contribution is -0.140. The quantitative estimate of drug-likeness (QED) is 0.700. The number of carbonyl (C=O) groups is 2. The summed E-state index contributed by atoms with van der Waals surface area (Å²) < 4.78 is 5.27. The van der Waals surface area contributed by atoms with Crippen LogP contribution in [0, 0.1) is 11.8 Å². The number of rotatable bonds is 5. The Labute approximate surface area is 113 Å². The zero-order chi connectivity index (χ0) is 14.4. The van der Waals surface area contributed by atoms with Crippen molar-refractivity contribution in [2.75, 3.05) is 13.1 Å². The highest BCUT2D eigenvalue weighted by molar-refractivity contribution is 5.80. The zero-order valence-corrected chi connectivity index (χ0v) is 11.8. The highest BCUT2D eigenvalue weighted by Crippen LogP contribution is 2.17. The fraction of sp³-hybridized carbons (Fsp3) is 0.846. The molecule has 19 heavy (non-hydrogen) atoms. The van der Waals surface area contributed by atoms with Crippen molar-refractivity contribution < 1.29 is 19.4 Å². The summed E-state index contributed by atoms with van der Waals surface area (Å²) in [6.07, 6.45) is 1.23. The Morgan fingerprint density at radius 3 is 2.53 bits per heavy atom. The molecule has 0 aromatic heterocycles. The summed E-state index contributed by atoms with van der Waals surface area (Å²) in [5.74, 6) is -0.933. The van der Waals surface area contributed by atoms with Crippen molar-refractivity contribution in [1.29, 1.82) is 0 Å². The molecule has 3 atom stereocenters. The molecule has 6 nitrogen and oxygen atoms in total. The molecule has 6 heteroatoms. The van der Waals surface area contributed by atoms with Crippen LogP contribution in [0.15, 0.2) is 0 Å². The normalized spacial score (nSPS) is 22.6. The van der Waals surface area contributed by atoms with Crippen LogP contribution in [0.2, 0.25) is 0 Å². The maximum atomic E-state index is 11.7. The van der Waals surface area contributed by atoms with E-state index in [-0.39, 0.29) is 12.0 Å². The van der Waals surface area contributed by atoms with Crippen LogP contribution in [-0.4, -0.2) is 42.4 Å². The van der Waals surface area contributed by atoms with Gasteiger partial charge in [0, 0.05) is 12.5 Å². The number of amides is 1. The first-order chi connectivity index (χ1) is 8.91. The number of piperidine rings is 1. The van der Waals surface area contributed by atoms with Crippen LogP contribution in [0.25, 0.3) is 0 Å². The summed E-state index contributed by atoms with van der Waals surface area (Å²) in [6.45, 7) is 7.17. The van der Waals surface area contributed by atoms with E-state index in [1.54, 1.807) is 13.8 Å². The molecule has 0 spiro atoms. The van der Waals surface area contributed by atoms with Gasteiger partial charge in [0.05, 0.1) is 0 Å². The Bertz CT molecular complexity index is 314. The molecule has 0 bridgehead atoms. The van der Waals surface area contributed by atoms with Crippen LogP contribution < -0.4 is 10.6 Å². The van der Waals surface area contributed by atoms with Gasteiger partial charge < -0.3 is 20.5 Å². The van der Waals surface area contributed by atoms with Crippen LogP contribution in [0.5, 0.6) is 0 Å². The number of carboxylic acid groups (broad SMARTS) is 1. The van der Waals surface area contributed by atoms with E-state index in [1.807, 2.05) is 6.92 Å². The Morgan fingerprint density at radius 2 is 2.05 bits per heavy atom. The van der Waals surface area contributed by atoms with Crippen molar-refractivity contribution in [3.8, 4) is 0 Å². The van der Waals surface area contributed by atoms with E-state index in [1.165, 1.54) is 0 Å². The maximum Gasteiger partial charge on any atom is 0.408 e. The summed E-state index contributed by atoms with van der Waals surface area (Å²) in [5, 5.41) is 14.7. The second kappa shape index (κ2) is 7.33. The van der Waals surface area contributed by atoms with Crippen molar-refractivity contribution in [3.63, 3.8) is 0 Å². The third-order valence-electron chi connectivity index (χ3n) is 3.50. The number of hydrogen-bond acceptors (Lipinski definition) is 4. The van der Waals surface area contributed by atoms with Gasteiger partial charge in [-0.25, -0.2) is 9.59 Å². The van der Waals surface area contributed by atoms with Gasteiger partial charge in [-0.2, -0.15) is 0 Å². The van der Waals surface area contributed by atoms with E-state index >= 15 is 0 Å². The average molecular weight is 272 g/mol. The first kappa shape index (κ1) is 15.8. The fourth-order valence-corrected chi connectivity index (χ4v) is 2.22. The van der Waals surface area contributed by atoms with E-state index in [9.17, 15) is 9.59 Å². The van der Waals surface area contributed by atoms with Gasteiger partial charge in [-0.05, 0) is 32.2 Å². The predicted molar refractivity (Wildman–Crippen MR) is 70.9 cm³/mol. The van der Waals surface area contributed by atoms with E-state index in [0.29, 0.717) is 5.92 Å². The molecule has 1 amide bonds. The van der Waals surface area contributed by atoms with E-state index in [4.69, 9.17) is 9.84 Å². The maximum absolute atomic E-state index is 11.7. The van der Waals surface area contributed by atoms with Crippen molar-refractivity contribution in [2.24, 2.45) is 11.8 Å². The predicted octanol–water partition coefficient (Wildman–Crippen LogP) is 1.21. The van der Waals surface area contributed by atoms with Gasteiger partial charge in [-0.3, -0.25) is 0 Å². The summed E-state index contributed by atoms with van der Waals surface area (Å²) in [5.41, 5.74) is 0. The molecule has 0 radical (unpaired) electrons. The smallest absolute Gasteiger partial charge is 0.408 e. The van der Waals surface area contributed by atoms with Gasteiger partial charge in [0.25, 0.3) is 0 Å². The number of alkyl carbamates (subject to hydrolysis) is 1. The topological polar surface area (TPSA) is 87.7 Å². The van der Waals surface area contributed by atoms with Crippen LogP contribution in [0.3, 0.4) is 0 Å². The van der Waals surface area contributed by atoms with Crippen LogP contribution in [0.4, 0.5) is 4.79 Å². The molecule has 1 rings (SSSR count). The summed E-state index contributed by atoms with van der Waals surface area (Å²) in [6, 6.07) is -0.913. The lowest BCUT2D eigenvalue weighted by atomic mass is 9.95. The summed E-state index contributed by atoms with van der Waals surface area (Å²) in [4.78, 5) is 22.7. The monoisotopic (exact) mass is 272 g/mol. The number of ether oxygens (including phenoxy) is 1. The zero-order valence-electron chi connectivity index (χ0n) is 11.8. The van der Waals surface area contributed by atoms with Gasteiger partial charge in [0.15, 0.2) is 0 Å². The molecule has 0 aliphatic carbocycles. The molecule has 1 fully saturated rings. The minimum atomic E-state index is -1.04. The highest BCUT2D eigenvalue weighted by atomic mass is 16.6. The molecular weight excluding hydrogens is 248 g/mol. The minimum absolute atomic E-state index is 0.184. The van der Waals surface area contributed by atoms with Crippen LogP contribution >= 0.6 is 0 Å². The van der Waals surface area contributed by atoms with Crippen molar-refractivity contribution in [1.82, 2.24) is 10.6 Å². The molecule has 2 unspecified atom stereocenters. The van der Waals surface area contributed by atoms with Crippen molar-refractivity contribution in [2.45, 2.75) is 45.8 Å². The van der Waals surface area contributed by atoms with E-state index in [2.05, 4.69) is 10.6 Å². The lowest BCUT2D eigenvalue weighted by Crippen LogP contribution is -2.46. The van der Waals surface area contributed by atoms with Gasteiger partial charge in [0.2, 0.25) is 0 Å². The first-order valence-electron chi connectivity index (χ1n) is 6.82. The molecular formula is C13H24N2O4. The standard InChI is InChI=1S/C13H24N2O4/c1-8(2)11(12(16)17)15-13(18)19-9(3)10-5-4-6-14-7-10/h8-11,14H,4-7H2,1-3H3,(H,15,18)(H,16,17)/t9?,10?,11-/m0/s1. The molecule has 1 aliphatic heterocycles. The Balaban J connectivity index is 2.42. The molecule has 0 aromatic rings. The molecule has 1 aliphatic rings. The average Bonchev–Trinajstić information content (AvgIpc) is 2.36. The summed E-state index contributed by atoms with van der Waals surface area (Å²) >= 11 is 0. The fourth-order valence-electron chi connectivity index (χ4n) is 2.22. The van der Waals surface area contributed by atoms with Crippen LogP contribution in [0.1, 0.15) is 33.6 Å². The molecule has 0 aromatic carbocycles. The molecule has 1 saturated heterocycles. The van der Waals surface area contributed by atoms with Gasteiger partial charge in [0.1, 0.15) is 12.1 Å². The second-order valence-corrected chi connectivity index (χ2v) is 5.42. The SMILES string of the molecule is CC(OC(=O)N[C@H](C(=O)O)C(C)C)C1CCCNC1. The van der Waals surface area contributed by atoms with E-state index < -0.39 is 18.1 Å². The Hall–Kier alpha value is -1.30. The third-order valence-corrected chi connectivity index (χ3v) is 3.50. The third kappa shape index (κ3) is 5.06. The minimum Gasteiger partial charge on any atom is -0.480 e. The molecule has 1 heterocycles.